The highest BCUT2D eigenvalue weighted by Gasteiger charge is 2.49. The second-order valence-corrected chi connectivity index (χ2v) is 14.4. The number of hydrogen-bond acceptors (Lipinski definition) is 16. The maximum Gasteiger partial charge on any atom is 0.317 e. The van der Waals surface area contributed by atoms with E-state index in [9.17, 15) is 30.0 Å². The van der Waals surface area contributed by atoms with E-state index >= 15 is 0 Å². The van der Waals surface area contributed by atoms with Crippen molar-refractivity contribution < 1.29 is 78.1 Å². The van der Waals surface area contributed by atoms with Crippen LogP contribution in [0.5, 0.6) is 34.5 Å². The van der Waals surface area contributed by atoms with Crippen LogP contribution >= 0.6 is 0 Å². The fraction of sp³-hybridized carbons (Fsp3) is 0.487. The summed E-state index contributed by atoms with van der Waals surface area (Å²) in [7, 11) is 0. The van der Waals surface area contributed by atoms with Crippen molar-refractivity contribution in [2.24, 2.45) is 11.7 Å². The number of rotatable bonds is 15. The van der Waals surface area contributed by atoms with Crippen molar-refractivity contribution in [1.29, 1.82) is 0 Å². The summed E-state index contributed by atoms with van der Waals surface area (Å²) in [6.07, 6.45) is -8.69. The minimum absolute atomic E-state index is 0.0360. The van der Waals surface area contributed by atoms with Gasteiger partial charge in [0.15, 0.2) is 29.6 Å². The van der Waals surface area contributed by atoms with E-state index in [-0.39, 0.29) is 49.7 Å². The van der Waals surface area contributed by atoms with Gasteiger partial charge < -0.3 is 69.3 Å². The number of carboxylic acid groups (broad SMARTS) is 1. The zero-order valence-electron chi connectivity index (χ0n) is 30.7. The molecule has 8 atom stereocenters. The molecule has 4 heterocycles. The molecule has 7 rings (SSSR count). The van der Waals surface area contributed by atoms with Crippen LogP contribution in [-0.2, 0) is 41.5 Å². The molecule has 0 bridgehead atoms. The summed E-state index contributed by atoms with van der Waals surface area (Å²) in [5.41, 5.74) is 9.57. The Morgan fingerprint density at radius 3 is 2.48 bits per heavy atom. The van der Waals surface area contributed by atoms with E-state index in [1.165, 1.54) is 0 Å². The quantitative estimate of drug-likeness (QED) is 0.0559. The van der Waals surface area contributed by atoms with Crippen molar-refractivity contribution in [3.05, 3.63) is 70.3 Å². The molecule has 0 spiro atoms. The van der Waals surface area contributed by atoms with Gasteiger partial charge in [0.1, 0.15) is 61.3 Å². The van der Waals surface area contributed by atoms with Crippen LogP contribution in [0, 0.1) is 5.92 Å². The summed E-state index contributed by atoms with van der Waals surface area (Å²) in [6.45, 7) is 3.60. The highest BCUT2D eigenvalue weighted by molar-refractivity contribution is 5.90. The minimum atomic E-state index is -1.68. The van der Waals surface area contributed by atoms with Gasteiger partial charge in [-0.05, 0) is 48.2 Å². The lowest BCUT2D eigenvalue weighted by atomic mass is 9.86. The molecule has 0 radical (unpaired) electrons. The van der Waals surface area contributed by atoms with Crippen molar-refractivity contribution in [2.45, 2.75) is 82.1 Å². The molecule has 0 unspecified atom stereocenters. The van der Waals surface area contributed by atoms with Gasteiger partial charge in [-0.25, -0.2) is 0 Å². The molecule has 56 heavy (non-hydrogen) atoms. The van der Waals surface area contributed by atoms with Gasteiger partial charge >= 0.3 is 11.9 Å². The van der Waals surface area contributed by atoms with Gasteiger partial charge in [-0.1, -0.05) is 26.0 Å². The molecule has 3 aromatic carbocycles. The molecule has 0 saturated carbocycles. The van der Waals surface area contributed by atoms with E-state index in [2.05, 4.69) is 13.8 Å². The molecule has 1 fully saturated rings. The third-order valence-electron chi connectivity index (χ3n) is 9.82. The summed E-state index contributed by atoms with van der Waals surface area (Å²) in [6, 6.07) is 12.0. The van der Waals surface area contributed by atoms with Gasteiger partial charge in [-0.15, -0.1) is 0 Å². The average molecular weight is 784 g/mol. The standard InChI is InChI=1S/C39H45NO16/c1-18(2)9-24-35-23(13-27-37(24)53-31(15-41)51-27)26-16-50-34-20(10-19-3-5-21(42)6-4-19)11-22(12-25(34)36(26)54-35)55-56-38-33(47)32(46)28(52-39(38)48-8-7-40)17-49-30(45)14-29(43)44/h3-6,11-13,18,26,28,31-33,36,38-39,41-42,46-47H,7-10,14-17,40H2,1-2H3,(H,43,44)/t26-,28-,31-,32-,33+,36-,38-,39-/m1/s1. The van der Waals surface area contributed by atoms with Gasteiger partial charge in [0, 0.05) is 35.2 Å². The van der Waals surface area contributed by atoms with Crippen LogP contribution in [-0.4, -0.2) is 107 Å². The molecule has 302 valence electrons. The van der Waals surface area contributed by atoms with Crippen LogP contribution in [0.1, 0.15) is 60.1 Å². The topological polar surface area (TPSA) is 244 Å². The van der Waals surface area contributed by atoms with Crippen molar-refractivity contribution >= 4 is 11.9 Å². The number of benzene rings is 3. The molecule has 1 saturated heterocycles. The van der Waals surface area contributed by atoms with Gasteiger partial charge in [0.2, 0.25) is 0 Å². The average Bonchev–Trinajstić information content (AvgIpc) is 3.76. The first-order chi connectivity index (χ1) is 26.9. The first kappa shape index (κ1) is 39.4. The third-order valence-corrected chi connectivity index (χ3v) is 9.82. The number of nitrogens with two attached hydrogens (primary N) is 1. The maximum atomic E-state index is 11.8. The van der Waals surface area contributed by atoms with E-state index in [0.717, 1.165) is 16.7 Å². The number of aromatic hydroxyl groups is 1. The number of aliphatic hydroxyl groups excluding tert-OH is 3. The Balaban J connectivity index is 1.18. The van der Waals surface area contributed by atoms with Crippen LogP contribution in [0.15, 0.2) is 42.5 Å². The number of carbonyl (C=O) groups excluding carboxylic acids is 1. The molecular weight excluding hydrogens is 738 g/mol. The van der Waals surface area contributed by atoms with Gasteiger partial charge in [0.05, 0.1) is 19.1 Å². The Morgan fingerprint density at radius 1 is 0.982 bits per heavy atom. The Bertz CT molecular complexity index is 1900. The number of phenolic OH excluding ortho intramolecular Hbond substituents is 1. The van der Waals surface area contributed by atoms with Gasteiger partial charge in [0.25, 0.3) is 6.29 Å². The molecule has 0 amide bonds. The molecule has 17 nitrogen and oxygen atoms in total. The fourth-order valence-corrected chi connectivity index (χ4v) is 7.31. The lowest BCUT2D eigenvalue weighted by Gasteiger charge is -2.41. The molecule has 7 N–H and O–H groups in total. The second-order valence-electron chi connectivity index (χ2n) is 14.4. The zero-order valence-corrected chi connectivity index (χ0v) is 30.7. The Kier molecular flexibility index (Phi) is 11.7. The largest absolute Gasteiger partial charge is 0.508 e. The molecule has 4 aliphatic rings. The number of fused-ring (bicyclic) bond motifs is 6. The van der Waals surface area contributed by atoms with Crippen molar-refractivity contribution in [3.8, 4) is 34.5 Å². The summed E-state index contributed by atoms with van der Waals surface area (Å²) < 4.78 is 41.6. The van der Waals surface area contributed by atoms with E-state index in [4.69, 9.17) is 53.8 Å². The summed E-state index contributed by atoms with van der Waals surface area (Å²) in [4.78, 5) is 34.3. The van der Waals surface area contributed by atoms with Crippen molar-refractivity contribution in [1.82, 2.24) is 0 Å². The smallest absolute Gasteiger partial charge is 0.317 e. The molecule has 0 aromatic heterocycles. The fourth-order valence-electron chi connectivity index (χ4n) is 7.31. The normalized spacial score (nSPS) is 25.8. The van der Waals surface area contributed by atoms with Crippen LogP contribution < -0.4 is 29.6 Å². The van der Waals surface area contributed by atoms with Crippen LogP contribution in [0.25, 0.3) is 0 Å². The Morgan fingerprint density at radius 2 is 1.77 bits per heavy atom. The van der Waals surface area contributed by atoms with E-state index < -0.39 is 68.1 Å². The van der Waals surface area contributed by atoms with E-state index in [0.29, 0.717) is 47.0 Å². The van der Waals surface area contributed by atoms with Crippen LogP contribution in [0.4, 0.5) is 0 Å². The highest BCUT2D eigenvalue weighted by Crippen LogP contribution is 2.58. The van der Waals surface area contributed by atoms with Crippen LogP contribution in [0.3, 0.4) is 0 Å². The lowest BCUT2D eigenvalue weighted by Crippen LogP contribution is -2.60. The van der Waals surface area contributed by atoms with Gasteiger partial charge in [-0.2, -0.15) is 4.89 Å². The van der Waals surface area contributed by atoms with Crippen molar-refractivity contribution in [3.63, 3.8) is 0 Å². The van der Waals surface area contributed by atoms with Crippen molar-refractivity contribution in [2.75, 3.05) is 33.0 Å². The highest BCUT2D eigenvalue weighted by atomic mass is 17.2. The second kappa shape index (κ2) is 16.7. The molecule has 4 aliphatic heterocycles. The number of esters is 1. The number of carboxylic acids is 1. The summed E-state index contributed by atoms with van der Waals surface area (Å²) >= 11 is 0. The lowest BCUT2D eigenvalue weighted by molar-refractivity contribution is -0.372. The molecule has 3 aromatic rings. The number of carbonyl (C=O) groups is 2. The number of ether oxygens (including phenoxy) is 7. The number of hydrogen-bond donors (Lipinski definition) is 6. The predicted octanol–water partition coefficient (Wildman–Crippen LogP) is 2.00. The SMILES string of the molecule is CC(C)Cc1c2c(cc3c1O[C@@H]1c4cc(OO[C@H]5[C@H](OCCN)O[C@H](COC(=O)CC(=O)O)[C@@H](O)[C@@H]5O)cc(Cc5ccc(O)cc5)c4OC[C@H]31)O[C@@H](CO)O2. The number of aliphatic carboxylic acids is 1. The van der Waals surface area contributed by atoms with E-state index in [1.54, 1.807) is 36.4 Å². The third kappa shape index (κ3) is 8.15. The zero-order chi connectivity index (χ0) is 39.7. The van der Waals surface area contributed by atoms with E-state index in [1.807, 2.05) is 6.07 Å². The number of aliphatic hydroxyl groups is 3. The molecule has 0 aliphatic carbocycles. The predicted molar refractivity (Wildman–Crippen MR) is 190 cm³/mol. The van der Waals surface area contributed by atoms with Gasteiger partial charge in [-0.3, -0.25) is 9.59 Å². The minimum Gasteiger partial charge on any atom is -0.508 e. The molecular formula is C39H45NO16. The monoisotopic (exact) mass is 783 g/mol. The molecule has 17 heteroatoms. The summed E-state index contributed by atoms with van der Waals surface area (Å²) in [5.74, 6) is 0.125. The summed E-state index contributed by atoms with van der Waals surface area (Å²) in [5, 5.41) is 50.6. The van der Waals surface area contributed by atoms with Crippen LogP contribution in [0.2, 0.25) is 0 Å². The maximum absolute atomic E-state index is 11.8. The Hall–Kier alpha value is -4.88. The Labute approximate surface area is 321 Å². The number of phenols is 1. The first-order valence-corrected chi connectivity index (χ1v) is 18.4. The first-order valence-electron chi connectivity index (χ1n) is 18.4.